The van der Waals surface area contributed by atoms with Crippen molar-refractivity contribution in [1.82, 2.24) is 5.32 Å². The van der Waals surface area contributed by atoms with Crippen LogP contribution in [0.4, 0.5) is 4.39 Å². The predicted octanol–water partition coefficient (Wildman–Crippen LogP) is 2.37. The van der Waals surface area contributed by atoms with E-state index in [0.29, 0.717) is 0 Å². The molecule has 1 aromatic carbocycles. The minimum absolute atomic E-state index is 0.178. The van der Waals surface area contributed by atoms with Gasteiger partial charge in [0, 0.05) is 6.54 Å². The second-order valence-electron chi connectivity index (χ2n) is 2.96. The molecule has 0 aliphatic carbocycles. The van der Waals surface area contributed by atoms with E-state index in [9.17, 15) is 4.39 Å². The summed E-state index contributed by atoms with van der Waals surface area (Å²) in [5.74, 6) is -0.178. The molecule has 0 unspecified atom stereocenters. The molecular weight excluding hydrogens is 165 g/mol. The van der Waals surface area contributed by atoms with Gasteiger partial charge in [-0.05, 0) is 37.2 Å². The maximum atomic E-state index is 12.7. The second-order valence-corrected chi connectivity index (χ2v) is 2.96. The fraction of sp³-hybridized carbons (Fsp3) is 0.273. The zero-order valence-electron chi connectivity index (χ0n) is 7.97. The molecule has 70 valence electrons. The Labute approximate surface area is 78.3 Å². The Morgan fingerprint density at radius 2 is 2.23 bits per heavy atom. The van der Waals surface area contributed by atoms with Gasteiger partial charge in [0.25, 0.3) is 0 Å². The number of rotatable bonds is 3. The van der Waals surface area contributed by atoms with Crippen LogP contribution in [0.5, 0.6) is 0 Å². The largest absolute Gasteiger partial charge is 0.316 e. The van der Waals surface area contributed by atoms with Crippen LogP contribution in [0.15, 0.2) is 24.3 Å². The van der Waals surface area contributed by atoms with Gasteiger partial charge in [-0.3, -0.25) is 0 Å². The third-order valence-corrected chi connectivity index (χ3v) is 1.85. The van der Waals surface area contributed by atoms with E-state index >= 15 is 0 Å². The number of hydrogen-bond acceptors (Lipinski definition) is 1. The van der Waals surface area contributed by atoms with Crippen LogP contribution in [-0.4, -0.2) is 13.6 Å². The van der Waals surface area contributed by atoms with Gasteiger partial charge in [-0.1, -0.05) is 18.2 Å². The molecule has 1 aromatic rings. The number of likely N-dealkylation sites (N-methyl/N-ethyl adjacent to an activating group) is 1. The lowest BCUT2D eigenvalue weighted by Gasteiger charge is -1.99. The highest BCUT2D eigenvalue weighted by molar-refractivity contribution is 5.53. The van der Waals surface area contributed by atoms with Crippen molar-refractivity contribution >= 4 is 6.08 Å². The van der Waals surface area contributed by atoms with Crippen LogP contribution in [0.1, 0.15) is 11.1 Å². The minimum Gasteiger partial charge on any atom is -0.316 e. The quantitative estimate of drug-likeness (QED) is 0.751. The molecule has 0 bridgehead atoms. The summed E-state index contributed by atoms with van der Waals surface area (Å²) in [6.07, 6.45) is 4.01. The number of nitrogens with one attached hydrogen (secondary N) is 1. The number of benzene rings is 1. The number of aryl methyl sites for hydroxylation is 1. The summed E-state index contributed by atoms with van der Waals surface area (Å²) in [7, 11) is 1.89. The van der Waals surface area contributed by atoms with E-state index in [1.165, 1.54) is 6.07 Å². The average Bonchev–Trinajstić information content (AvgIpc) is 2.09. The molecule has 0 aliphatic rings. The first kappa shape index (κ1) is 9.93. The van der Waals surface area contributed by atoms with Gasteiger partial charge in [0.05, 0.1) is 0 Å². The van der Waals surface area contributed by atoms with Gasteiger partial charge in [-0.15, -0.1) is 0 Å². The number of halogens is 1. The molecule has 0 atom stereocenters. The maximum absolute atomic E-state index is 12.7. The van der Waals surface area contributed by atoms with Crippen LogP contribution in [0.25, 0.3) is 6.08 Å². The van der Waals surface area contributed by atoms with E-state index in [1.54, 1.807) is 12.1 Å². The monoisotopic (exact) mass is 179 g/mol. The van der Waals surface area contributed by atoms with Gasteiger partial charge < -0.3 is 5.32 Å². The van der Waals surface area contributed by atoms with Crippen molar-refractivity contribution in [1.29, 1.82) is 0 Å². The highest BCUT2D eigenvalue weighted by Crippen LogP contribution is 2.11. The molecule has 0 heterocycles. The summed E-state index contributed by atoms with van der Waals surface area (Å²) in [5, 5.41) is 3.01. The molecule has 1 rings (SSSR count). The van der Waals surface area contributed by atoms with E-state index in [4.69, 9.17) is 0 Å². The summed E-state index contributed by atoms with van der Waals surface area (Å²) < 4.78 is 12.7. The Bertz CT molecular complexity index is 305. The molecule has 1 N–H and O–H groups in total. The van der Waals surface area contributed by atoms with Crippen molar-refractivity contribution in [3.05, 3.63) is 41.2 Å². The van der Waals surface area contributed by atoms with Gasteiger partial charge in [0.1, 0.15) is 5.82 Å². The van der Waals surface area contributed by atoms with Gasteiger partial charge in [-0.25, -0.2) is 4.39 Å². The van der Waals surface area contributed by atoms with E-state index in [0.717, 1.165) is 17.7 Å². The van der Waals surface area contributed by atoms with Crippen LogP contribution in [0, 0.1) is 12.7 Å². The van der Waals surface area contributed by atoms with Crippen LogP contribution < -0.4 is 5.32 Å². The SMILES string of the molecule is CNCC=Cc1ccc(F)cc1C. The molecule has 0 fully saturated rings. The fourth-order valence-corrected chi connectivity index (χ4v) is 1.13. The van der Waals surface area contributed by atoms with Crippen LogP contribution >= 0.6 is 0 Å². The summed E-state index contributed by atoms with van der Waals surface area (Å²) >= 11 is 0. The van der Waals surface area contributed by atoms with Crippen LogP contribution in [-0.2, 0) is 0 Å². The van der Waals surface area contributed by atoms with Crippen molar-refractivity contribution < 1.29 is 4.39 Å². The van der Waals surface area contributed by atoms with E-state index in [2.05, 4.69) is 5.32 Å². The molecule has 1 nitrogen and oxygen atoms in total. The minimum atomic E-state index is -0.178. The molecule has 0 saturated heterocycles. The Morgan fingerprint density at radius 3 is 2.85 bits per heavy atom. The normalized spacial score (nSPS) is 11.0. The fourth-order valence-electron chi connectivity index (χ4n) is 1.13. The first-order valence-electron chi connectivity index (χ1n) is 4.31. The Hall–Kier alpha value is -1.15. The van der Waals surface area contributed by atoms with Gasteiger partial charge >= 0.3 is 0 Å². The van der Waals surface area contributed by atoms with Crippen molar-refractivity contribution in [2.75, 3.05) is 13.6 Å². The summed E-state index contributed by atoms with van der Waals surface area (Å²) in [4.78, 5) is 0. The Balaban J connectivity index is 2.77. The van der Waals surface area contributed by atoms with Crippen molar-refractivity contribution in [3.63, 3.8) is 0 Å². The molecule has 0 amide bonds. The van der Waals surface area contributed by atoms with Gasteiger partial charge in [0.15, 0.2) is 0 Å². The van der Waals surface area contributed by atoms with Gasteiger partial charge in [0.2, 0.25) is 0 Å². The van der Waals surface area contributed by atoms with Gasteiger partial charge in [-0.2, -0.15) is 0 Å². The topological polar surface area (TPSA) is 12.0 Å². The van der Waals surface area contributed by atoms with Crippen LogP contribution in [0.3, 0.4) is 0 Å². The number of hydrogen-bond donors (Lipinski definition) is 1. The van der Waals surface area contributed by atoms with E-state index in [1.807, 2.05) is 26.1 Å². The molecule has 0 spiro atoms. The summed E-state index contributed by atoms with van der Waals surface area (Å²) in [6.45, 7) is 2.74. The molecule has 0 aliphatic heterocycles. The highest BCUT2D eigenvalue weighted by Gasteiger charge is 1.94. The molecule has 0 radical (unpaired) electrons. The van der Waals surface area contributed by atoms with Crippen molar-refractivity contribution in [2.24, 2.45) is 0 Å². The zero-order chi connectivity index (χ0) is 9.68. The smallest absolute Gasteiger partial charge is 0.123 e. The lowest BCUT2D eigenvalue weighted by Crippen LogP contribution is -2.03. The standard InChI is InChI=1S/C11H14FN/c1-9-8-11(12)6-5-10(9)4-3-7-13-2/h3-6,8,13H,7H2,1-2H3. The van der Waals surface area contributed by atoms with Crippen molar-refractivity contribution in [2.45, 2.75) is 6.92 Å². The summed E-state index contributed by atoms with van der Waals surface area (Å²) in [6, 6.07) is 4.81. The first-order chi connectivity index (χ1) is 6.24. The average molecular weight is 179 g/mol. The Morgan fingerprint density at radius 1 is 1.46 bits per heavy atom. The second kappa shape index (κ2) is 4.77. The molecule has 2 heteroatoms. The molecule has 0 saturated carbocycles. The van der Waals surface area contributed by atoms with E-state index in [-0.39, 0.29) is 5.82 Å². The Kier molecular flexibility index (Phi) is 3.65. The molecule has 0 aromatic heterocycles. The lowest BCUT2D eigenvalue weighted by atomic mass is 10.1. The maximum Gasteiger partial charge on any atom is 0.123 e. The predicted molar refractivity (Wildman–Crippen MR) is 54.1 cm³/mol. The third-order valence-electron chi connectivity index (χ3n) is 1.85. The highest BCUT2D eigenvalue weighted by atomic mass is 19.1. The summed E-state index contributed by atoms with van der Waals surface area (Å²) in [5.41, 5.74) is 2.03. The third kappa shape index (κ3) is 2.99. The lowest BCUT2D eigenvalue weighted by molar-refractivity contribution is 0.626. The molecular formula is C11H14FN. The van der Waals surface area contributed by atoms with E-state index < -0.39 is 0 Å². The van der Waals surface area contributed by atoms with Crippen molar-refractivity contribution in [3.8, 4) is 0 Å². The first-order valence-corrected chi connectivity index (χ1v) is 4.31. The van der Waals surface area contributed by atoms with Crippen LogP contribution in [0.2, 0.25) is 0 Å². The zero-order valence-corrected chi connectivity index (χ0v) is 7.97. The molecule has 13 heavy (non-hydrogen) atoms.